The minimum absolute atomic E-state index is 0.0632. The molecule has 4 aromatic rings. The number of carboxylic acid groups (broad SMARTS) is 1. The van der Waals surface area contributed by atoms with Crippen LogP contribution in [0.25, 0.3) is 22.3 Å². The summed E-state index contributed by atoms with van der Waals surface area (Å²) in [5.41, 5.74) is 8.16. The summed E-state index contributed by atoms with van der Waals surface area (Å²) in [5, 5.41) is 39.9. The van der Waals surface area contributed by atoms with Crippen molar-refractivity contribution in [3.05, 3.63) is 87.2 Å². The number of amides is 1. The van der Waals surface area contributed by atoms with E-state index < -0.39 is 78.8 Å². The molecule has 19 nitrogen and oxygen atoms in total. The topological polar surface area (TPSA) is 272 Å². The normalized spacial score (nSPS) is 22.8. The second-order valence-electron chi connectivity index (χ2n) is 16.4. The van der Waals surface area contributed by atoms with E-state index in [1.165, 1.54) is 13.8 Å². The van der Waals surface area contributed by atoms with Crippen LogP contribution in [0.15, 0.2) is 59.4 Å². The first-order valence-electron chi connectivity index (χ1n) is 21.9. The molecule has 66 heavy (non-hydrogen) atoms. The highest BCUT2D eigenvalue weighted by molar-refractivity contribution is 7.80. The lowest BCUT2D eigenvalue weighted by Gasteiger charge is -2.40. The number of carbonyl (C=O) groups excluding carboxylic acids is 3. The largest absolute Gasteiger partial charge is 0.480 e. The molecule has 352 valence electrons. The van der Waals surface area contributed by atoms with Crippen molar-refractivity contribution >= 4 is 57.7 Å². The molecule has 1 fully saturated rings. The van der Waals surface area contributed by atoms with Crippen LogP contribution in [0.2, 0.25) is 0 Å². The predicted octanol–water partition coefficient (Wildman–Crippen LogP) is 2.50. The van der Waals surface area contributed by atoms with E-state index in [9.17, 15) is 34.2 Å². The number of esters is 2. The Morgan fingerprint density at radius 3 is 2.48 bits per heavy atom. The lowest BCUT2D eigenvalue weighted by atomic mass is 9.85. The van der Waals surface area contributed by atoms with Crippen molar-refractivity contribution in [1.29, 1.82) is 0 Å². The SMILES string of the molecule is CCc1c2c(nc3ccccc13)-c1cc3c(c(=O)n1C2)COC(=O)C3(CC)OC(=O)C(C)NC(=O)[C@H](CCCCN)NC(=S)Nc1ccc(OC2OC(C)C(O)C(OCC(=O)O)C2O)cc1. The van der Waals surface area contributed by atoms with Gasteiger partial charge in [-0.25, -0.2) is 19.4 Å². The number of nitrogens with zero attached hydrogens (tertiary/aromatic N) is 2. The number of thiocarbonyl (C=S) groups is 1. The molecule has 20 heteroatoms. The summed E-state index contributed by atoms with van der Waals surface area (Å²) in [6, 6.07) is 13.6. The van der Waals surface area contributed by atoms with Gasteiger partial charge in [-0.2, -0.15) is 0 Å². The van der Waals surface area contributed by atoms with Crippen LogP contribution < -0.4 is 32.0 Å². The van der Waals surface area contributed by atoms with Crippen LogP contribution in [-0.4, -0.2) is 110 Å². The first-order chi connectivity index (χ1) is 31.6. The Morgan fingerprint density at radius 1 is 1.05 bits per heavy atom. The molecule has 1 saturated heterocycles. The number of carbonyl (C=O) groups is 4. The van der Waals surface area contributed by atoms with Gasteiger partial charge in [0.1, 0.15) is 49.4 Å². The number of fused-ring (bicyclic) bond motifs is 5. The maximum absolute atomic E-state index is 14.2. The first-order valence-corrected chi connectivity index (χ1v) is 22.3. The molecular weight excluding hydrogens is 877 g/mol. The minimum atomic E-state index is -1.99. The molecule has 8 N–H and O–H groups in total. The van der Waals surface area contributed by atoms with Crippen molar-refractivity contribution < 1.29 is 58.2 Å². The number of para-hydroxylation sites is 1. The number of aromatic nitrogens is 2. The Labute approximate surface area is 384 Å². The van der Waals surface area contributed by atoms with Crippen LogP contribution >= 0.6 is 12.2 Å². The van der Waals surface area contributed by atoms with Crippen LogP contribution in [0.3, 0.4) is 0 Å². The van der Waals surface area contributed by atoms with Crippen molar-refractivity contribution in [2.45, 2.75) is 121 Å². The van der Waals surface area contributed by atoms with Gasteiger partial charge in [0.15, 0.2) is 5.11 Å². The number of rotatable bonds is 17. The summed E-state index contributed by atoms with van der Waals surface area (Å²) < 4.78 is 29.8. The highest BCUT2D eigenvalue weighted by Crippen LogP contribution is 2.42. The zero-order valence-corrected chi connectivity index (χ0v) is 37.7. The van der Waals surface area contributed by atoms with Crippen molar-refractivity contribution in [3.63, 3.8) is 0 Å². The molecule has 2 aromatic carbocycles. The van der Waals surface area contributed by atoms with E-state index >= 15 is 0 Å². The molecule has 5 heterocycles. The predicted molar refractivity (Wildman–Crippen MR) is 242 cm³/mol. The number of nitrogens with two attached hydrogens (primary N) is 1. The van der Waals surface area contributed by atoms with E-state index in [4.69, 9.17) is 51.7 Å². The molecule has 7 unspecified atom stereocenters. The number of anilines is 1. The number of ether oxygens (including phenoxy) is 5. The Kier molecular flexibility index (Phi) is 14.7. The van der Waals surface area contributed by atoms with Crippen LogP contribution in [0.5, 0.6) is 5.75 Å². The standard InChI is InChI=1S/C46H54N6O13S/c1-5-27-28-11-7-8-12-32(28)50-36-29(27)20-52-34(36)19-31-30(41(52)58)21-62-44(60)46(31,6-2)65-42(59)23(3)48-40(57)33(13-9-10-18-47)51-45(66)49-25-14-16-26(17-15-25)64-43-38(56)39(61-22-35(53)54)37(55)24(4)63-43/h7-8,11-12,14-17,19,23-24,33,37-39,43,55-56H,5-6,9-10,13,18,20-22,47H2,1-4H3,(H,48,57)(H,53,54)(H2,49,51,66)/t23?,24?,33-,37?,38?,39?,43?,46?/m0/s1. The van der Waals surface area contributed by atoms with Crippen molar-refractivity contribution in [1.82, 2.24) is 20.2 Å². The number of hydrogen-bond acceptors (Lipinski definition) is 15. The Morgan fingerprint density at radius 2 is 1.79 bits per heavy atom. The lowest BCUT2D eigenvalue weighted by Crippen LogP contribution is -2.59. The summed E-state index contributed by atoms with van der Waals surface area (Å²) in [5.74, 6) is -3.37. The average Bonchev–Trinajstić information content (AvgIpc) is 3.66. The van der Waals surface area contributed by atoms with Gasteiger partial charge in [0.25, 0.3) is 5.56 Å². The maximum atomic E-state index is 14.2. The number of unbranched alkanes of at least 4 members (excludes halogenated alkanes) is 1. The molecule has 0 aliphatic carbocycles. The molecule has 7 rings (SSSR count). The van der Waals surface area contributed by atoms with E-state index in [-0.39, 0.29) is 47.0 Å². The third kappa shape index (κ3) is 9.60. The maximum Gasteiger partial charge on any atom is 0.355 e. The lowest BCUT2D eigenvalue weighted by molar-refractivity contribution is -0.276. The monoisotopic (exact) mass is 930 g/mol. The average molecular weight is 931 g/mol. The van der Waals surface area contributed by atoms with Gasteiger partial charge in [0, 0.05) is 22.2 Å². The van der Waals surface area contributed by atoms with Gasteiger partial charge in [0.2, 0.25) is 17.8 Å². The summed E-state index contributed by atoms with van der Waals surface area (Å²) in [4.78, 5) is 71.6. The molecule has 3 aliphatic rings. The van der Waals surface area contributed by atoms with Crippen molar-refractivity contribution in [2.24, 2.45) is 5.73 Å². The number of aliphatic hydroxyl groups is 2. The number of benzene rings is 2. The number of nitrogens with one attached hydrogen (secondary N) is 3. The van der Waals surface area contributed by atoms with Gasteiger partial charge in [-0.05, 0) is 107 Å². The van der Waals surface area contributed by atoms with Crippen LogP contribution in [-0.2, 0) is 63.3 Å². The zero-order valence-electron chi connectivity index (χ0n) is 36.9. The summed E-state index contributed by atoms with van der Waals surface area (Å²) in [6.45, 7) is 6.29. The number of pyridine rings is 2. The smallest absolute Gasteiger partial charge is 0.355 e. The third-order valence-corrected chi connectivity index (χ3v) is 12.4. The van der Waals surface area contributed by atoms with Gasteiger partial charge >= 0.3 is 17.9 Å². The Hall–Kier alpha value is -6.03. The molecule has 0 saturated carbocycles. The number of cyclic esters (lactones) is 1. The van der Waals surface area contributed by atoms with Gasteiger partial charge in [-0.3, -0.25) is 9.59 Å². The third-order valence-electron chi connectivity index (χ3n) is 12.1. The fraction of sp³-hybridized carbons (Fsp3) is 0.457. The highest BCUT2D eigenvalue weighted by atomic mass is 32.1. The zero-order chi connectivity index (χ0) is 47.4. The molecule has 2 aromatic heterocycles. The Bertz CT molecular complexity index is 2570. The summed E-state index contributed by atoms with van der Waals surface area (Å²) >= 11 is 5.56. The molecule has 0 radical (unpaired) electrons. The van der Waals surface area contributed by atoms with Gasteiger partial charge in [-0.15, -0.1) is 0 Å². The number of hydrogen-bond donors (Lipinski definition) is 7. The Balaban J connectivity index is 1.02. The summed E-state index contributed by atoms with van der Waals surface area (Å²) in [6.07, 6.45) is -4.13. The van der Waals surface area contributed by atoms with Crippen LogP contribution in [0, 0.1) is 0 Å². The highest BCUT2D eigenvalue weighted by Gasteiger charge is 2.51. The van der Waals surface area contributed by atoms with E-state index in [1.54, 1.807) is 41.8 Å². The number of carboxylic acids is 1. The molecular formula is C46H54N6O13S. The van der Waals surface area contributed by atoms with Gasteiger partial charge < -0.3 is 65.3 Å². The fourth-order valence-corrected chi connectivity index (χ4v) is 8.86. The molecule has 0 spiro atoms. The molecule has 3 aliphatic heterocycles. The number of aliphatic hydroxyl groups excluding tert-OH is 2. The number of aliphatic carboxylic acids is 1. The van der Waals surface area contributed by atoms with Gasteiger partial charge in [0.05, 0.1) is 35.1 Å². The molecule has 1 amide bonds. The number of aryl methyl sites for hydroxylation is 1. The second kappa shape index (κ2) is 20.2. The van der Waals surface area contributed by atoms with Crippen molar-refractivity contribution in [2.75, 3.05) is 18.5 Å². The van der Waals surface area contributed by atoms with E-state index in [0.717, 1.165) is 22.0 Å². The molecule has 8 atom stereocenters. The fourth-order valence-electron chi connectivity index (χ4n) is 8.60. The van der Waals surface area contributed by atoms with Crippen LogP contribution in [0.1, 0.15) is 75.6 Å². The van der Waals surface area contributed by atoms with E-state index in [1.807, 2.05) is 31.2 Å². The molecule has 0 bridgehead atoms. The van der Waals surface area contributed by atoms with E-state index in [0.29, 0.717) is 49.4 Å². The quantitative estimate of drug-likeness (QED) is 0.0401. The minimum Gasteiger partial charge on any atom is -0.480 e. The van der Waals surface area contributed by atoms with E-state index in [2.05, 4.69) is 16.0 Å². The first kappa shape index (κ1) is 47.9. The second-order valence-corrected chi connectivity index (χ2v) is 16.9. The summed E-state index contributed by atoms with van der Waals surface area (Å²) in [7, 11) is 0. The van der Waals surface area contributed by atoms with Crippen LogP contribution in [0.4, 0.5) is 5.69 Å². The van der Waals surface area contributed by atoms with Gasteiger partial charge in [-0.1, -0.05) is 32.0 Å². The van der Waals surface area contributed by atoms with Crippen molar-refractivity contribution in [3.8, 4) is 17.1 Å².